The van der Waals surface area contributed by atoms with Crippen LogP contribution in [0.1, 0.15) is 11.3 Å². The van der Waals surface area contributed by atoms with Gasteiger partial charge in [0, 0.05) is 18.3 Å². The van der Waals surface area contributed by atoms with Crippen molar-refractivity contribution in [1.29, 1.82) is 0 Å². The Bertz CT molecular complexity index is 273. The summed E-state index contributed by atoms with van der Waals surface area (Å²) in [6.07, 6.45) is 2.75. The van der Waals surface area contributed by atoms with Gasteiger partial charge in [-0.3, -0.25) is 4.98 Å². The van der Waals surface area contributed by atoms with Crippen molar-refractivity contribution in [2.75, 3.05) is 0 Å². The van der Waals surface area contributed by atoms with E-state index in [1.165, 1.54) is 0 Å². The average Bonchev–Trinajstić information content (AvgIpc) is 1.98. The second-order valence-electron chi connectivity index (χ2n) is 2.30. The van der Waals surface area contributed by atoms with Crippen LogP contribution in [0.2, 0.25) is 5.02 Å². The SMILES string of the molecule is Cc1cc(CC=O)ncc1Cl. The predicted molar refractivity (Wildman–Crippen MR) is 43.8 cm³/mol. The van der Waals surface area contributed by atoms with E-state index < -0.39 is 0 Å². The molecule has 1 aromatic heterocycles. The highest BCUT2D eigenvalue weighted by atomic mass is 35.5. The summed E-state index contributed by atoms with van der Waals surface area (Å²) in [7, 11) is 0. The van der Waals surface area contributed by atoms with Gasteiger partial charge in [-0.1, -0.05) is 11.6 Å². The molecule has 0 radical (unpaired) electrons. The minimum Gasteiger partial charge on any atom is -0.303 e. The number of aldehydes is 1. The number of hydrogen-bond acceptors (Lipinski definition) is 2. The van der Waals surface area contributed by atoms with Crippen molar-refractivity contribution in [2.45, 2.75) is 13.3 Å². The molecule has 0 unspecified atom stereocenters. The van der Waals surface area contributed by atoms with Crippen molar-refractivity contribution in [3.63, 3.8) is 0 Å². The van der Waals surface area contributed by atoms with Crippen molar-refractivity contribution in [3.05, 3.63) is 28.5 Å². The van der Waals surface area contributed by atoms with Crippen molar-refractivity contribution < 1.29 is 4.79 Å². The van der Waals surface area contributed by atoms with Gasteiger partial charge in [-0.15, -0.1) is 0 Å². The third kappa shape index (κ3) is 2.02. The Balaban J connectivity index is 2.95. The quantitative estimate of drug-likeness (QED) is 0.632. The number of rotatable bonds is 2. The van der Waals surface area contributed by atoms with Gasteiger partial charge in [0.2, 0.25) is 0 Å². The van der Waals surface area contributed by atoms with E-state index in [0.717, 1.165) is 17.5 Å². The summed E-state index contributed by atoms with van der Waals surface area (Å²) in [5.74, 6) is 0. The lowest BCUT2D eigenvalue weighted by Gasteiger charge is -1.98. The summed E-state index contributed by atoms with van der Waals surface area (Å²) in [5, 5.41) is 0.639. The van der Waals surface area contributed by atoms with Crippen LogP contribution < -0.4 is 0 Å². The van der Waals surface area contributed by atoms with Crippen LogP contribution in [0.5, 0.6) is 0 Å². The van der Waals surface area contributed by atoms with Crippen LogP contribution >= 0.6 is 11.6 Å². The minimum absolute atomic E-state index is 0.359. The van der Waals surface area contributed by atoms with Crippen LogP contribution in [0, 0.1) is 6.92 Å². The van der Waals surface area contributed by atoms with E-state index in [4.69, 9.17) is 11.6 Å². The maximum absolute atomic E-state index is 10.1. The molecule has 0 spiro atoms. The van der Waals surface area contributed by atoms with Crippen molar-refractivity contribution in [3.8, 4) is 0 Å². The largest absolute Gasteiger partial charge is 0.303 e. The number of halogens is 1. The molecule has 0 aromatic carbocycles. The smallest absolute Gasteiger partial charge is 0.125 e. The van der Waals surface area contributed by atoms with E-state index in [-0.39, 0.29) is 0 Å². The first-order valence-corrected chi connectivity index (χ1v) is 3.66. The molecule has 3 heteroatoms. The maximum Gasteiger partial charge on any atom is 0.125 e. The monoisotopic (exact) mass is 169 g/mol. The molecule has 0 fully saturated rings. The maximum atomic E-state index is 10.1. The fourth-order valence-electron chi connectivity index (χ4n) is 0.795. The van der Waals surface area contributed by atoms with Gasteiger partial charge < -0.3 is 4.79 Å². The Kier molecular flexibility index (Phi) is 2.60. The molecule has 0 N–H and O–H groups in total. The van der Waals surface area contributed by atoms with Crippen LogP contribution in [-0.4, -0.2) is 11.3 Å². The van der Waals surface area contributed by atoms with Gasteiger partial charge in [0.25, 0.3) is 0 Å². The Labute approximate surface area is 70.2 Å². The molecular weight excluding hydrogens is 162 g/mol. The van der Waals surface area contributed by atoms with E-state index in [9.17, 15) is 4.79 Å². The van der Waals surface area contributed by atoms with E-state index >= 15 is 0 Å². The first-order chi connectivity index (χ1) is 5.24. The van der Waals surface area contributed by atoms with E-state index in [2.05, 4.69) is 4.98 Å². The first kappa shape index (κ1) is 8.21. The van der Waals surface area contributed by atoms with Gasteiger partial charge >= 0.3 is 0 Å². The molecule has 0 saturated carbocycles. The summed E-state index contributed by atoms with van der Waals surface area (Å²) in [6.45, 7) is 1.89. The molecule has 1 heterocycles. The summed E-state index contributed by atoms with van der Waals surface area (Å²) in [4.78, 5) is 14.1. The fraction of sp³-hybridized carbons (Fsp3) is 0.250. The molecule has 0 bridgehead atoms. The zero-order chi connectivity index (χ0) is 8.27. The van der Waals surface area contributed by atoms with Crippen LogP contribution in [0.4, 0.5) is 0 Å². The molecule has 0 saturated heterocycles. The van der Waals surface area contributed by atoms with E-state index in [1.807, 2.05) is 13.0 Å². The number of aryl methyl sites for hydroxylation is 1. The number of carbonyl (C=O) groups excluding carboxylic acids is 1. The van der Waals surface area contributed by atoms with E-state index in [0.29, 0.717) is 11.4 Å². The van der Waals surface area contributed by atoms with Crippen molar-refractivity contribution in [1.82, 2.24) is 4.98 Å². The zero-order valence-corrected chi connectivity index (χ0v) is 6.93. The molecule has 0 aliphatic rings. The van der Waals surface area contributed by atoms with Crippen molar-refractivity contribution >= 4 is 17.9 Å². The lowest BCUT2D eigenvalue weighted by molar-refractivity contribution is -0.107. The lowest BCUT2D eigenvalue weighted by atomic mass is 10.2. The molecule has 1 rings (SSSR count). The highest BCUT2D eigenvalue weighted by Gasteiger charge is 1.97. The zero-order valence-electron chi connectivity index (χ0n) is 6.17. The van der Waals surface area contributed by atoms with Crippen molar-refractivity contribution in [2.24, 2.45) is 0 Å². The predicted octanol–water partition coefficient (Wildman–Crippen LogP) is 1.78. The molecule has 0 atom stereocenters. The molecular formula is C8H8ClNO. The van der Waals surface area contributed by atoms with E-state index in [1.54, 1.807) is 6.20 Å². The molecule has 2 nitrogen and oxygen atoms in total. The summed E-state index contributed by atoms with van der Waals surface area (Å²) < 4.78 is 0. The number of aromatic nitrogens is 1. The highest BCUT2D eigenvalue weighted by Crippen LogP contribution is 2.13. The average molecular weight is 170 g/mol. The highest BCUT2D eigenvalue weighted by molar-refractivity contribution is 6.31. The molecule has 0 amide bonds. The van der Waals surface area contributed by atoms with Crippen LogP contribution in [0.25, 0.3) is 0 Å². The number of hydrogen-bond donors (Lipinski definition) is 0. The summed E-state index contributed by atoms with van der Waals surface area (Å²) in [6, 6.07) is 1.82. The molecule has 0 aliphatic carbocycles. The molecule has 0 aliphatic heterocycles. The van der Waals surface area contributed by atoms with Gasteiger partial charge in [-0.25, -0.2) is 0 Å². The molecule has 11 heavy (non-hydrogen) atoms. The fourth-order valence-corrected chi connectivity index (χ4v) is 0.898. The molecule has 1 aromatic rings. The normalized spacial score (nSPS) is 9.64. The Morgan fingerprint density at radius 3 is 3.00 bits per heavy atom. The third-order valence-corrected chi connectivity index (χ3v) is 1.79. The van der Waals surface area contributed by atoms with Gasteiger partial charge in [0.1, 0.15) is 6.29 Å². The number of carbonyl (C=O) groups is 1. The van der Waals surface area contributed by atoms with Gasteiger partial charge in [0.15, 0.2) is 0 Å². The summed E-state index contributed by atoms with van der Waals surface area (Å²) >= 11 is 5.73. The van der Waals surface area contributed by atoms with Crippen LogP contribution in [0.15, 0.2) is 12.3 Å². The minimum atomic E-state index is 0.359. The topological polar surface area (TPSA) is 30.0 Å². The van der Waals surface area contributed by atoms with Crippen LogP contribution in [-0.2, 0) is 11.2 Å². The molecule has 58 valence electrons. The second-order valence-corrected chi connectivity index (χ2v) is 2.70. The van der Waals surface area contributed by atoms with Gasteiger partial charge in [-0.05, 0) is 18.6 Å². The first-order valence-electron chi connectivity index (χ1n) is 3.28. The summed E-state index contributed by atoms with van der Waals surface area (Å²) in [5.41, 5.74) is 1.72. The second kappa shape index (κ2) is 3.49. The Morgan fingerprint density at radius 2 is 2.45 bits per heavy atom. The van der Waals surface area contributed by atoms with Gasteiger partial charge in [-0.2, -0.15) is 0 Å². The van der Waals surface area contributed by atoms with Gasteiger partial charge in [0.05, 0.1) is 5.02 Å². The number of nitrogens with zero attached hydrogens (tertiary/aromatic N) is 1. The third-order valence-electron chi connectivity index (χ3n) is 1.40. The lowest BCUT2D eigenvalue weighted by Crippen LogP contribution is -1.91. The standard InChI is InChI=1S/C8H8ClNO/c1-6-4-7(2-3-11)10-5-8(6)9/h3-5H,2H2,1H3. The Hall–Kier alpha value is -0.890. The van der Waals surface area contributed by atoms with Crippen LogP contribution in [0.3, 0.4) is 0 Å². The number of pyridine rings is 1. The Morgan fingerprint density at radius 1 is 1.73 bits per heavy atom.